The molecule has 100 valence electrons. The molecule has 0 saturated carbocycles. The van der Waals surface area contributed by atoms with Gasteiger partial charge in [-0.1, -0.05) is 23.7 Å². The minimum absolute atomic E-state index is 0.0672. The number of carbonyl (C=O) groups excluding carboxylic acids is 1. The number of amides is 1. The summed E-state index contributed by atoms with van der Waals surface area (Å²) in [5, 5.41) is 2.57. The van der Waals surface area contributed by atoms with Crippen LogP contribution in [0.2, 0.25) is 5.02 Å². The number of nitrogens with two attached hydrogens (primary N) is 1. The predicted octanol–water partition coefficient (Wildman–Crippen LogP) is 2.24. The van der Waals surface area contributed by atoms with E-state index in [0.29, 0.717) is 17.5 Å². The highest BCUT2D eigenvalue weighted by Crippen LogP contribution is 2.28. The predicted molar refractivity (Wildman–Crippen MR) is 61.9 cm³/mol. The van der Waals surface area contributed by atoms with E-state index in [0.717, 1.165) is 0 Å². The van der Waals surface area contributed by atoms with Crippen LogP contribution < -0.4 is 11.1 Å². The van der Waals surface area contributed by atoms with Crippen LogP contribution in [-0.4, -0.2) is 17.6 Å². The van der Waals surface area contributed by atoms with Gasteiger partial charge in [-0.15, -0.1) is 0 Å². The fourth-order valence-corrected chi connectivity index (χ4v) is 1.35. The molecule has 0 aromatic heterocycles. The first-order chi connectivity index (χ1) is 8.14. The third-order valence-corrected chi connectivity index (χ3v) is 2.64. The third-order valence-electron chi connectivity index (χ3n) is 2.40. The van der Waals surface area contributed by atoms with Gasteiger partial charge in [-0.05, 0) is 24.6 Å². The van der Waals surface area contributed by atoms with E-state index in [4.69, 9.17) is 17.3 Å². The van der Waals surface area contributed by atoms with Crippen LogP contribution in [0.4, 0.5) is 13.2 Å². The van der Waals surface area contributed by atoms with Gasteiger partial charge in [0, 0.05) is 11.6 Å². The number of rotatable bonds is 3. The van der Waals surface area contributed by atoms with Crippen molar-refractivity contribution in [3.63, 3.8) is 0 Å². The summed E-state index contributed by atoms with van der Waals surface area (Å²) in [7, 11) is 0. The van der Waals surface area contributed by atoms with Gasteiger partial charge >= 0.3 is 6.18 Å². The Balaban J connectivity index is 2.67. The van der Waals surface area contributed by atoms with Gasteiger partial charge in [0.05, 0.1) is 0 Å². The molecule has 0 aliphatic carbocycles. The standard InChI is InChI=1S/C11H12ClF3N2O/c1-10(16,11(13,14)15)9(18)17-6-7-3-2-4-8(12)5-7/h2-5H,6,16H2,1H3,(H,17,18). The third kappa shape index (κ3) is 3.36. The molecule has 0 radical (unpaired) electrons. The van der Waals surface area contributed by atoms with Crippen molar-refractivity contribution in [2.45, 2.75) is 25.2 Å². The lowest BCUT2D eigenvalue weighted by Crippen LogP contribution is -2.61. The molecule has 18 heavy (non-hydrogen) atoms. The smallest absolute Gasteiger partial charge is 0.350 e. The molecule has 0 fully saturated rings. The Labute approximate surface area is 107 Å². The molecular weight excluding hydrogens is 269 g/mol. The van der Waals surface area contributed by atoms with E-state index in [2.05, 4.69) is 5.32 Å². The van der Waals surface area contributed by atoms with Gasteiger partial charge in [-0.3, -0.25) is 4.79 Å². The molecule has 7 heteroatoms. The van der Waals surface area contributed by atoms with Crippen LogP contribution in [0.1, 0.15) is 12.5 Å². The number of alkyl halides is 3. The second kappa shape index (κ2) is 5.16. The molecule has 3 nitrogen and oxygen atoms in total. The van der Waals surface area contributed by atoms with Crippen molar-refractivity contribution in [2.24, 2.45) is 5.73 Å². The summed E-state index contributed by atoms with van der Waals surface area (Å²) in [6, 6.07) is 6.43. The quantitative estimate of drug-likeness (QED) is 0.892. The molecule has 1 amide bonds. The molecule has 1 unspecified atom stereocenters. The average Bonchev–Trinajstić information content (AvgIpc) is 2.24. The van der Waals surface area contributed by atoms with Crippen molar-refractivity contribution in [2.75, 3.05) is 0 Å². The molecule has 1 atom stereocenters. The van der Waals surface area contributed by atoms with Gasteiger partial charge in [0.1, 0.15) is 0 Å². The Hall–Kier alpha value is -1.27. The highest BCUT2D eigenvalue weighted by Gasteiger charge is 2.53. The van der Waals surface area contributed by atoms with E-state index in [1.807, 2.05) is 0 Å². The summed E-state index contributed by atoms with van der Waals surface area (Å²) in [5.41, 5.74) is 2.65. The van der Waals surface area contributed by atoms with Crippen molar-refractivity contribution in [1.82, 2.24) is 5.32 Å². The Morgan fingerprint density at radius 1 is 1.44 bits per heavy atom. The zero-order chi connectivity index (χ0) is 14.0. The SMILES string of the molecule is CC(N)(C(=O)NCc1cccc(Cl)c1)C(F)(F)F. The van der Waals surface area contributed by atoms with Gasteiger partial charge in [-0.2, -0.15) is 13.2 Å². The zero-order valence-corrected chi connectivity index (χ0v) is 10.3. The number of halogens is 4. The lowest BCUT2D eigenvalue weighted by Gasteiger charge is -2.26. The monoisotopic (exact) mass is 280 g/mol. The summed E-state index contributed by atoms with van der Waals surface area (Å²) in [4.78, 5) is 11.4. The van der Waals surface area contributed by atoms with Gasteiger partial charge in [0.25, 0.3) is 0 Å². The van der Waals surface area contributed by atoms with Crippen LogP contribution in [0, 0.1) is 0 Å². The van der Waals surface area contributed by atoms with Gasteiger partial charge in [-0.25, -0.2) is 0 Å². The number of hydrogen-bond acceptors (Lipinski definition) is 2. The van der Waals surface area contributed by atoms with Crippen LogP contribution >= 0.6 is 11.6 Å². The molecule has 0 aliphatic heterocycles. The fraction of sp³-hybridized carbons (Fsp3) is 0.364. The molecule has 3 N–H and O–H groups in total. The lowest BCUT2D eigenvalue weighted by atomic mass is 10.0. The van der Waals surface area contributed by atoms with Crippen LogP contribution in [0.15, 0.2) is 24.3 Å². The first-order valence-electron chi connectivity index (χ1n) is 5.03. The number of hydrogen-bond donors (Lipinski definition) is 2. The maximum absolute atomic E-state index is 12.5. The topological polar surface area (TPSA) is 55.1 Å². The molecule has 0 saturated heterocycles. The lowest BCUT2D eigenvalue weighted by molar-refractivity contribution is -0.187. The summed E-state index contributed by atoms with van der Waals surface area (Å²) in [5.74, 6) is -1.28. The van der Waals surface area contributed by atoms with Crippen molar-refractivity contribution < 1.29 is 18.0 Å². The highest BCUT2D eigenvalue weighted by atomic mass is 35.5. The average molecular weight is 281 g/mol. The molecule has 0 heterocycles. The van der Waals surface area contributed by atoms with Crippen molar-refractivity contribution in [1.29, 1.82) is 0 Å². The van der Waals surface area contributed by atoms with Crippen LogP contribution in [-0.2, 0) is 11.3 Å². The minimum Gasteiger partial charge on any atom is -0.350 e. The second-order valence-corrected chi connectivity index (χ2v) is 4.45. The van der Waals surface area contributed by atoms with E-state index in [1.54, 1.807) is 24.3 Å². The largest absolute Gasteiger partial charge is 0.415 e. The molecule has 0 aliphatic rings. The summed E-state index contributed by atoms with van der Waals surface area (Å²) >= 11 is 5.71. The normalized spacial score (nSPS) is 15.0. The van der Waals surface area contributed by atoms with Crippen molar-refractivity contribution in [3.05, 3.63) is 34.9 Å². The van der Waals surface area contributed by atoms with E-state index in [9.17, 15) is 18.0 Å². The van der Waals surface area contributed by atoms with E-state index in [-0.39, 0.29) is 6.54 Å². The minimum atomic E-state index is -4.80. The van der Waals surface area contributed by atoms with Crippen molar-refractivity contribution in [3.8, 4) is 0 Å². The first-order valence-corrected chi connectivity index (χ1v) is 5.41. The van der Waals surface area contributed by atoms with Gasteiger partial charge in [0.15, 0.2) is 5.54 Å². The number of benzene rings is 1. The second-order valence-electron chi connectivity index (χ2n) is 4.01. The Morgan fingerprint density at radius 2 is 2.06 bits per heavy atom. The Bertz CT molecular complexity index is 446. The van der Waals surface area contributed by atoms with Crippen molar-refractivity contribution >= 4 is 17.5 Å². The maximum atomic E-state index is 12.5. The number of nitrogens with one attached hydrogen (secondary N) is 1. The molecule has 0 bridgehead atoms. The Morgan fingerprint density at radius 3 is 2.56 bits per heavy atom. The van der Waals surface area contributed by atoms with Gasteiger partial charge < -0.3 is 11.1 Å². The summed E-state index contributed by atoms with van der Waals surface area (Å²) in [6.45, 7) is 0.558. The van der Waals surface area contributed by atoms with Crippen LogP contribution in [0.5, 0.6) is 0 Å². The van der Waals surface area contributed by atoms with Gasteiger partial charge in [0.2, 0.25) is 5.91 Å². The maximum Gasteiger partial charge on any atom is 0.415 e. The fourth-order valence-electron chi connectivity index (χ4n) is 1.14. The Kier molecular flexibility index (Phi) is 4.24. The summed E-state index contributed by atoms with van der Waals surface area (Å²) < 4.78 is 37.4. The number of carbonyl (C=O) groups is 1. The molecule has 1 aromatic rings. The first kappa shape index (κ1) is 14.8. The molecule has 1 rings (SSSR count). The van der Waals surface area contributed by atoms with Crippen LogP contribution in [0.3, 0.4) is 0 Å². The summed E-state index contributed by atoms with van der Waals surface area (Å²) in [6.07, 6.45) is -4.80. The molecule has 0 spiro atoms. The zero-order valence-electron chi connectivity index (χ0n) is 9.51. The van der Waals surface area contributed by atoms with Crippen LogP contribution in [0.25, 0.3) is 0 Å². The molecule has 1 aromatic carbocycles. The van der Waals surface area contributed by atoms with E-state index >= 15 is 0 Å². The molecular formula is C11H12ClF3N2O. The van der Waals surface area contributed by atoms with E-state index in [1.165, 1.54) is 0 Å². The highest BCUT2D eigenvalue weighted by molar-refractivity contribution is 6.30. The van der Waals surface area contributed by atoms with E-state index < -0.39 is 17.6 Å².